The van der Waals surface area contributed by atoms with E-state index in [4.69, 9.17) is 9.47 Å². The van der Waals surface area contributed by atoms with Crippen molar-refractivity contribution in [1.82, 2.24) is 0 Å². The van der Waals surface area contributed by atoms with Gasteiger partial charge in [-0.25, -0.2) is 0 Å². The highest BCUT2D eigenvalue weighted by Crippen LogP contribution is 2.25. The average molecular weight is 412 g/mol. The molecule has 0 unspecified atom stereocenters. The number of methoxy groups -OCH3 is 2. The zero-order chi connectivity index (χ0) is 21.5. The van der Waals surface area contributed by atoms with Gasteiger partial charge in [-0.15, -0.1) is 0 Å². The third-order valence-electron chi connectivity index (χ3n) is 4.82. The van der Waals surface area contributed by atoms with Gasteiger partial charge in [0.1, 0.15) is 11.5 Å². The lowest BCUT2D eigenvalue weighted by molar-refractivity contribution is 0.415. The highest BCUT2D eigenvalue weighted by molar-refractivity contribution is 5.68. The normalized spacial score (nSPS) is 10.3. The molecule has 5 heteroatoms. The van der Waals surface area contributed by atoms with E-state index in [1.807, 2.05) is 72.8 Å². The Balaban J connectivity index is 1.34. The van der Waals surface area contributed by atoms with Crippen molar-refractivity contribution in [2.45, 2.75) is 0 Å². The monoisotopic (exact) mass is 411 g/mol. The van der Waals surface area contributed by atoms with E-state index in [1.54, 1.807) is 14.2 Å². The van der Waals surface area contributed by atoms with Crippen LogP contribution in [0.2, 0.25) is 0 Å². The molecule has 4 aromatic rings. The molecule has 0 aliphatic rings. The standard InChI is InChI=1S/C26H25N3O2/c1-30-25-15-11-23(12-16-25)28-21-7-3-19(4-8-21)27-20-5-9-22(10-6-20)29-24-13-17-26(31-2)18-14-24/h3-18,27-29H,1-2H3. The molecule has 0 amide bonds. The fraction of sp³-hybridized carbons (Fsp3) is 0.0769. The predicted octanol–water partition coefficient (Wildman–Crippen LogP) is 6.93. The summed E-state index contributed by atoms with van der Waals surface area (Å²) in [6.07, 6.45) is 0. The van der Waals surface area contributed by atoms with Gasteiger partial charge in [-0.3, -0.25) is 0 Å². The van der Waals surface area contributed by atoms with Crippen LogP contribution >= 0.6 is 0 Å². The topological polar surface area (TPSA) is 54.5 Å². The molecule has 0 radical (unpaired) electrons. The lowest BCUT2D eigenvalue weighted by atomic mass is 10.2. The summed E-state index contributed by atoms with van der Waals surface area (Å²) in [7, 11) is 3.33. The number of rotatable bonds is 8. The van der Waals surface area contributed by atoms with Crippen LogP contribution in [-0.4, -0.2) is 14.2 Å². The SMILES string of the molecule is COc1ccc(Nc2ccc(Nc3ccc(Nc4ccc(OC)cc4)cc3)cc2)cc1. The molecule has 156 valence electrons. The zero-order valence-corrected chi connectivity index (χ0v) is 17.6. The van der Waals surface area contributed by atoms with E-state index in [-0.39, 0.29) is 0 Å². The predicted molar refractivity (Wildman–Crippen MR) is 129 cm³/mol. The average Bonchev–Trinajstić information content (AvgIpc) is 2.82. The molecule has 31 heavy (non-hydrogen) atoms. The molecule has 4 aromatic carbocycles. The zero-order valence-electron chi connectivity index (χ0n) is 17.6. The van der Waals surface area contributed by atoms with E-state index >= 15 is 0 Å². The summed E-state index contributed by atoms with van der Waals surface area (Å²) >= 11 is 0. The van der Waals surface area contributed by atoms with Gasteiger partial charge in [0.25, 0.3) is 0 Å². The molecule has 4 rings (SSSR count). The highest BCUT2D eigenvalue weighted by atomic mass is 16.5. The quantitative estimate of drug-likeness (QED) is 0.293. The van der Waals surface area contributed by atoms with Crippen molar-refractivity contribution in [1.29, 1.82) is 0 Å². The largest absolute Gasteiger partial charge is 0.497 e. The first kappa shape index (κ1) is 20.2. The van der Waals surface area contributed by atoms with Gasteiger partial charge < -0.3 is 25.4 Å². The van der Waals surface area contributed by atoms with Crippen molar-refractivity contribution in [2.75, 3.05) is 30.2 Å². The summed E-state index contributed by atoms with van der Waals surface area (Å²) in [6, 6.07) is 32.1. The van der Waals surface area contributed by atoms with Crippen molar-refractivity contribution in [2.24, 2.45) is 0 Å². The second-order valence-electron chi connectivity index (χ2n) is 6.99. The van der Waals surface area contributed by atoms with E-state index in [0.29, 0.717) is 0 Å². The number of benzene rings is 4. The number of anilines is 6. The van der Waals surface area contributed by atoms with Crippen molar-refractivity contribution < 1.29 is 9.47 Å². The molecule has 0 aliphatic carbocycles. The Bertz CT molecular complexity index is 1000. The highest BCUT2D eigenvalue weighted by Gasteiger charge is 2.00. The van der Waals surface area contributed by atoms with E-state index in [1.165, 1.54) is 0 Å². The Kier molecular flexibility index (Phi) is 6.24. The number of nitrogens with one attached hydrogen (secondary N) is 3. The van der Waals surface area contributed by atoms with E-state index in [2.05, 4.69) is 40.2 Å². The van der Waals surface area contributed by atoms with Crippen molar-refractivity contribution in [3.8, 4) is 11.5 Å². The minimum atomic E-state index is 0.843. The molecule has 0 aliphatic heterocycles. The van der Waals surface area contributed by atoms with Gasteiger partial charge in [0.2, 0.25) is 0 Å². The number of ether oxygens (including phenoxy) is 2. The second-order valence-corrected chi connectivity index (χ2v) is 6.99. The summed E-state index contributed by atoms with van der Waals surface area (Å²) < 4.78 is 10.4. The van der Waals surface area contributed by atoms with Crippen LogP contribution in [0.1, 0.15) is 0 Å². The Labute approximate surface area is 182 Å². The van der Waals surface area contributed by atoms with Crippen LogP contribution in [0.5, 0.6) is 11.5 Å². The summed E-state index contributed by atoms with van der Waals surface area (Å²) in [5, 5.41) is 10.2. The van der Waals surface area contributed by atoms with Gasteiger partial charge in [0.05, 0.1) is 14.2 Å². The van der Waals surface area contributed by atoms with E-state index < -0.39 is 0 Å². The van der Waals surface area contributed by atoms with Crippen molar-refractivity contribution >= 4 is 34.1 Å². The van der Waals surface area contributed by atoms with Crippen LogP contribution in [-0.2, 0) is 0 Å². The fourth-order valence-corrected chi connectivity index (χ4v) is 3.12. The molecule has 0 aromatic heterocycles. The minimum Gasteiger partial charge on any atom is -0.497 e. The number of hydrogen-bond acceptors (Lipinski definition) is 5. The Hall–Kier alpha value is -4.12. The van der Waals surface area contributed by atoms with Crippen LogP contribution in [0.4, 0.5) is 34.1 Å². The molecular formula is C26H25N3O2. The molecule has 0 bridgehead atoms. The van der Waals surface area contributed by atoms with Crippen LogP contribution in [0.15, 0.2) is 97.1 Å². The maximum atomic E-state index is 5.19. The lowest BCUT2D eigenvalue weighted by Gasteiger charge is -2.11. The molecule has 0 atom stereocenters. The van der Waals surface area contributed by atoms with Crippen LogP contribution in [0.3, 0.4) is 0 Å². The molecule has 0 saturated carbocycles. The van der Waals surface area contributed by atoms with Crippen molar-refractivity contribution in [3.05, 3.63) is 97.1 Å². The first-order valence-corrected chi connectivity index (χ1v) is 10.0. The molecule has 0 fully saturated rings. The molecule has 0 saturated heterocycles. The summed E-state index contributed by atoms with van der Waals surface area (Å²) in [5.41, 5.74) is 6.12. The van der Waals surface area contributed by atoms with E-state index in [9.17, 15) is 0 Å². The second kappa shape index (κ2) is 9.59. The Morgan fingerprint density at radius 1 is 0.355 bits per heavy atom. The van der Waals surface area contributed by atoms with Gasteiger partial charge >= 0.3 is 0 Å². The summed E-state index contributed by atoms with van der Waals surface area (Å²) in [4.78, 5) is 0. The Morgan fingerprint density at radius 3 is 0.742 bits per heavy atom. The van der Waals surface area contributed by atoms with Crippen LogP contribution in [0, 0.1) is 0 Å². The third-order valence-corrected chi connectivity index (χ3v) is 4.82. The maximum absolute atomic E-state index is 5.19. The minimum absolute atomic E-state index is 0.843. The first-order chi connectivity index (χ1) is 15.2. The van der Waals surface area contributed by atoms with Crippen LogP contribution in [0.25, 0.3) is 0 Å². The Morgan fingerprint density at radius 2 is 0.548 bits per heavy atom. The molecule has 0 heterocycles. The van der Waals surface area contributed by atoms with E-state index in [0.717, 1.165) is 45.6 Å². The summed E-state index contributed by atoms with van der Waals surface area (Å²) in [6.45, 7) is 0. The van der Waals surface area contributed by atoms with Crippen LogP contribution < -0.4 is 25.4 Å². The van der Waals surface area contributed by atoms with Gasteiger partial charge in [0.15, 0.2) is 0 Å². The fourth-order valence-electron chi connectivity index (χ4n) is 3.12. The van der Waals surface area contributed by atoms with Gasteiger partial charge in [-0.05, 0) is 97.1 Å². The smallest absolute Gasteiger partial charge is 0.119 e. The first-order valence-electron chi connectivity index (χ1n) is 10.0. The van der Waals surface area contributed by atoms with Crippen molar-refractivity contribution in [3.63, 3.8) is 0 Å². The molecule has 3 N–H and O–H groups in total. The third kappa shape index (κ3) is 5.48. The van der Waals surface area contributed by atoms with Gasteiger partial charge in [0, 0.05) is 34.1 Å². The molecule has 5 nitrogen and oxygen atoms in total. The van der Waals surface area contributed by atoms with Gasteiger partial charge in [-0.1, -0.05) is 0 Å². The maximum Gasteiger partial charge on any atom is 0.119 e. The summed E-state index contributed by atoms with van der Waals surface area (Å²) in [5.74, 6) is 1.69. The molecular weight excluding hydrogens is 386 g/mol. The molecule has 0 spiro atoms. The van der Waals surface area contributed by atoms with Gasteiger partial charge in [-0.2, -0.15) is 0 Å². The number of hydrogen-bond donors (Lipinski definition) is 3. The lowest BCUT2D eigenvalue weighted by Crippen LogP contribution is -1.94.